The fraction of sp³-hybridized carbons (Fsp3) is 0.538. The first kappa shape index (κ1) is 13.7. The highest BCUT2D eigenvalue weighted by atomic mass is 79.9. The number of halogens is 2. The predicted molar refractivity (Wildman–Crippen MR) is 70.2 cm³/mol. The maximum atomic E-state index is 13.2. The van der Waals surface area contributed by atoms with E-state index in [2.05, 4.69) is 35.1 Å². The molecule has 16 heavy (non-hydrogen) atoms. The minimum absolute atomic E-state index is 0.172. The molecule has 0 radical (unpaired) electrons. The van der Waals surface area contributed by atoms with Crippen LogP contribution in [0.25, 0.3) is 0 Å². The van der Waals surface area contributed by atoms with Crippen LogP contribution in [0.2, 0.25) is 0 Å². The maximum absolute atomic E-state index is 13.2. The lowest BCUT2D eigenvalue weighted by molar-refractivity contribution is 0.493. The van der Waals surface area contributed by atoms with Crippen molar-refractivity contribution < 1.29 is 4.39 Å². The summed E-state index contributed by atoms with van der Waals surface area (Å²) >= 11 is 3.32. The van der Waals surface area contributed by atoms with Gasteiger partial charge in [-0.25, -0.2) is 4.39 Å². The zero-order chi connectivity index (χ0) is 12.0. The summed E-state index contributed by atoms with van der Waals surface area (Å²) in [5.41, 5.74) is 1.04. The second-order valence-corrected chi connectivity index (χ2v) is 4.96. The molecule has 0 bridgehead atoms. The topological polar surface area (TPSA) is 12.0 Å². The van der Waals surface area contributed by atoms with Gasteiger partial charge < -0.3 is 5.32 Å². The van der Waals surface area contributed by atoms with Crippen molar-refractivity contribution in [2.45, 2.75) is 39.2 Å². The summed E-state index contributed by atoms with van der Waals surface area (Å²) in [5, 5.41) is 3.47. The van der Waals surface area contributed by atoms with Crippen molar-refractivity contribution in [2.75, 3.05) is 6.54 Å². The third-order valence-electron chi connectivity index (χ3n) is 2.58. The van der Waals surface area contributed by atoms with E-state index in [0.717, 1.165) is 35.8 Å². The molecule has 0 spiro atoms. The van der Waals surface area contributed by atoms with Crippen LogP contribution in [0.5, 0.6) is 0 Å². The Hall–Kier alpha value is -0.410. The number of benzene rings is 1. The van der Waals surface area contributed by atoms with Crippen molar-refractivity contribution >= 4 is 15.9 Å². The second kappa shape index (κ2) is 7.02. The van der Waals surface area contributed by atoms with Gasteiger partial charge in [0.05, 0.1) is 0 Å². The molecule has 0 fully saturated rings. The van der Waals surface area contributed by atoms with Crippen LogP contribution in [-0.4, -0.2) is 12.6 Å². The lowest BCUT2D eigenvalue weighted by Crippen LogP contribution is -2.31. The summed E-state index contributed by atoms with van der Waals surface area (Å²) in [4.78, 5) is 0. The minimum atomic E-state index is -0.172. The van der Waals surface area contributed by atoms with Gasteiger partial charge in [-0.3, -0.25) is 0 Å². The Morgan fingerprint density at radius 3 is 2.62 bits per heavy atom. The van der Waals surface area contributed by atoms with Crippen molar-refractivity contribution in [1.82, 2.24) is 5.32 Å². The van der Waals surface area contributed by atoms with Gasteiger partial charge in [-0.1, -0.05) is 29.8 Å². The molecule has 0 amide bonds. The summed E-state index contributed by atoms with van der Waals surface area (Å²) in [6.45, 7) is 5.33. The van der Waals surface area contributed by atoms with Gasteiger partial charge in [0.15, 0.2) is 0 Å². The van der Waals surface area contributed by atoms with Gasteiger partial charge in [0.1, 0.15) is 5.82 Å². The predicted octanol–water partition coefficient (Wildman–Crippen LogP) is 3.91. The van der Waals surface area contributed by atoms with Crippen LogP contribution >= 0.6 is 15.9 Å². The second-order valence-electron chi connectivity index (χ2n) is 4.04. The molecule has 1 unspecified atom stereocenters. The van der Waals surface area contributed by atoms with E-state index in [0.29, 0.717) is 6.04 Å². The fourth-order valence-electron chi connectivity index (χ4n) is 1.72. The van der Waals surface area contributed by atoms with Crippen LogP contribution in [0.3, 0.4) is 0 Å². The Morgan fingerprint density at radius 2 is 2.06 bits per heavy atom. The first-order chi connectivity index (χ1) is 7.65. The van der Waals surface area contributed by atoms with E-state index in [1.54, 1.807) is 6.07 Å². The molecule has 0 heterocycles. The van der Waals surface area contributed by atoms with Crippen molar-refractivity contribution in [2.24, 2.45) is 0 Å². The summed E-state index contributed by atoms with van der Waals surface area (Å²) in [7, 11) is 0. The van der Waals surface area contributed by atoms with Crippen LogP contribution in [-0.2, 0) is 6.42 Å². The Labute approximate surface area is 106 Å². The summed E-state index contributed by atoms with van der Waals surface area (Å²) < 4.78 is 14.0. The molecule has 3 heteroatoms. The zero-order valence-electron chi connectivity index (χ0n) is 9.89. The van der Waals surface area contributed by atoms with E-state index in [1.807, 2.05) is 6.07 Å². The monoisotopic (exact) mass is 287 g/mol. The standard InChI is InChI=1S/C13H19BrFN/c1-3-5-16-13(4-2)8-10-6-11(14)9-12(15)7-10/h6-7,9,13,16H,3-5,8H2,1-2H3. The molecule has 0 saturated heterocycles. The molecular weight excluding hydrogens is 269 g/mol. The third kappa shape index (κ3) is 4.62. The van der Waals surface area contributed by atoms with E-state index in [9.17, 15) is 4.39 Å². The van der Waals surface area contributed by atoms with Gasteiger partial charge in [-0.15, -0.1) is 0 Å². The zero-order valence-corrected chi connectivity index (χ0v) is 11.5. The van der Waals surface area contributed by atoms with E-state index >= 15 is 0 Å². The lowest BCUT2D eigenvalue weighted by Gasteiger charge is -2.16. The first-order valence-electron chi connectivity index (χ1n) is 5.84. The summed E-state index contributed by atoms with van der Waals surface area (Å²) in [6.07, 6.45) is 3.07. The molecule has 0 aromatic heterocycles. The van der Waals surface area contributed by atoms with Crippen LogP contribution in [0.15, 0.2) is 22.7 Å². The fourth-order valence-corrected chi connectivity index (χ4v) is 2.24. The SMILES string of the molecule is CCCNC(CC)Cc1cc(F)cc(Br)c1. The molecule has 1 atom stereocenters. The third-order valence-corrected chi connectivity index (χ3v) is 3.04. The molecule has 0 saturated carbocycles. The molecule has 1 aromatic rings. The largest absolute Gasteiger partial charge is 0.314 e. The molecule has 1 rings (SSSR count). The smallest absolute Gasteiger partial charge is 0.124 e. The number of rotatable bonds is 6. The molecule has 90 valence electrons. The van der Waals surface area contributed by atoms with E-state index < -0.39 is 0 Å². The first-order valence-corrected chi connectivity index (χ1v) is 6.63. The molecular formula is C13H19BrFN. The van der Waals surface area contributed by atoms with Crippen LogP contribution in [0, 0.1) is 5.82 Å². The molecule has 0 aliphatic rings. The van der Waals surface area contributed by atoms with Gasteiger partial charge in [0.2, 0.25) is 0 Å². The number of nitrogens with one attached hydrogen (secondary N) is 1. The highest BCUT2D eigenvalue weighted by molar-refractivity contribution is 9.10. The molecule has 1 aromatic carbocycles. The van der Waals surface area contributed by atoms with Gasteiger partial charge in [0.25, 0.3) is 0 Å². The molecule has 1 N–H and O–H groups in total. The van der Waals surface area contributed by atoms with Gasteiger partial charge in [-0.05, 0) is 49.6 Å². The van der Waals surface area contributed by atoms with Crippen molar-refractivity contribution in [1.29, 1.82) is 0 Å². The number of hydrogen-bond acceptors (Lipinski definition) is 1. The van der Waals surface area contributed by atoms with E-state index in [-0.39, 0.29) is 5.82 Å². The summed E-state index contributed by atoms with van der Waals surface area (Å²) in [6, 6.07) is 5.53. The molecule has 0 aliphatic carbocycles. The molecule has 1 nitrogen and oxygen atoms in total. The normalized spacial score (nSPS) is 12.8. The highest BCUT2D eigenvalue weighted by Gasteiger charge is 2.07. The van der Waals surface area contributed by atoms with Crippen molar-refractivity contribution in [3.8, 4) is 0 Å². The van der Waals surface area contributed by atoms with Gasteiger partial charge in [0, 0.05) is 10.5 Å². The summed E-state index contributed by atoms with van der Waals surface area (Å²) in [5.74, 6) is -0.172. The Morgan fingerprint density at radius 1 is 1.31 bits per heavy atom. The Balaban J connectivity index is 2.62. The van der Waals surface area contributed by atoms with E-state index in [1.165, 1.54) is 6.07 Å². The minimum Gasteiger partial charge on any atom is -0.314 e. The molecule has 0 aliphatic heterocycles. The highest BCUT2D eigenvalue weighted by Crippen LogP contribution is 2.16. The van der Waals surface area contributed by atoms with Crippen LogP contribution in [0.1, 0.15) is 32.3 Å². The Bertz CT molecular complexity index is 307. The average Bonchev–Trinajstić information content (AvgIpc) is 2.22. The maximum Gasteiger partial charge on any atom is 0.124 e. The Kier molecular flexibility index (Phi) is 5.99. The quantitative estimate of drug-likeness (QED) is 0.837. The van der Waals surface area contributed by atoms with Crippen LogP contribution in [0.4, 0.5) is 4.39 Å². The van der Waals surface area contributed by atoms with Crippen LogP contribution < -0.4 is 5.32 Å². The average molecular weight is 288 g/mol. The van der Waals surface area contributed by atoms with E-state index in [4.69, 9.17) is 0 Å². The van der Waals surface area contributed by atoms with Gasteiger partial charge in [-0.2, -0.15) is 0 Å². The van der Waals surface area contributed by atoms with Crippen molar-refractivity contribution in [3.05, 3.63) is 34.1 Å². The van der Waals surface area contributed by atoms with Crippen molar-refractivity contribution in [3.63, 3.8) is 0 Å². The number of hydrogen-bond donors (Lipinski definition) is 1. The lowest BCUT2D eigenvalue weighted by atomic mass is 10.0. The van der Waals surface area contributed by atoms with Gasteiger partial charge >= 0.3 is 0 Å².